The van der Waals surface area contributed by atoms with Crippen LogP contribution in [-0.2, 0) is 4.79 Å². The molecule has 6 heteroatoms. The predicted octanol–water partition coefficient (Wildman–Crippen LogP) is 2.97. The smallest absolute Gasteiger partial charge is 0.237 e. The number of ether oxygens (including phenoxy) is 1. The van der Waals surface area contributed by atoms with Gasteiger partial charge < -0.3 is 10.1 Å². The number of likely N-dealkylation sites (tertiary alicyclic amines) is 1. The summed E-state index contributed by atoms with van der Waals surface area (Å²) in [6.07, 6.45) is 3.12. The van der Waals surface area contributed by atoms with Crippen LogP contribution in [0.2, 0.25) is 10.0 Å². The molecule has 1 fully saturated rings. The normalized spacial score (nSPS) is 19.3. The molecule has 2 rings (SSSR count). The van der Waals surface area contributed by atoms with E-state index in [0.29, 0.717) is 28.9 Å². The molecule has 1 amide bonds. The summed E-state index contributed by atoms with van der Waals surface area (Å²) < 4.78 is 5.69. The molecule has 1 aromatic carbocycles. The van der Waals surface area contributed by atoms with E-state index in [1.807, 2.05) is 0 Å². The first kappa shape index (κ1) is 16.4. The second kappa shape index (κ2) is 7.87. The van der Waals surface area contributed by atoms with Gasteiger partial charge in [-0.25, -0.2) is 0 Å². The number of nitrogens with zero attached hydrogens (tertiary/aromatic N) is 1. The van der Waals surface area contributed by atoms with E-state index in [2.05, 4.69) is 10.2 Å². The highest BCUT2D eigenvalue weighted by molar-refractivity contribution is 6.34. The van der Waals surface area contributed by atoms with Gasteiger partial charge in [0.15, 0.2) is 0 Å². The number of piperidine rings is 1. The van der Waals surface area contributed by atoms with Gasteiger partial charge in [-0.3, -0.25) is 9.69 Å². The molecule has 116 valence electrons. The van der Waals surface area contributed by atoms with Crippen LogP contribution in [0.5, 0.6) is 5.75 Å². The van der Waals surface area contributed by atoms with Crippen molar-refractivity contribution in [2.75, 3.05) is 26.7 Å². The van der Waals surface area contributed by atoms with Crippen LogP contribution >= 0.6 is 23.2 Å². The van der Waals surface area contributed by atoms with Crippen molar-refractivity contribution in [1.29, 1.82) is 0 Å². The highest BCUT2D eigenvalue weighted by Crippen LogP contribution is 2.24. The van der Waals surface area contributed by atoms with Crippen LogP contribution in [0.4, 0.5) is 0 Å². The van der Waals surface area contributed by atoms with E-state index in [-0.39, 0.29) is 11.9 Å². The molecule has 0 saturated carbocycles. The Labute approximate surface area is 135 Å². The van der Waals surface area contributed by atoms with Crippen LogP contribution in [0, 0.1) is 0 Å². The van der Waals surface area contributed by atoms with Gasteiger partial charge in [0, 0.05) is 23.6 Å². The molecule has 1 saturated heterocycles. The lowest BCUT2D eigenvalue weighted by atomic mass is 10.0. The molecule has 0 unspecified atom stereocenters. The zero-order valence-electron chi connectivity index (χ0n) is 12.1. The van der Waals surface area contributed by atoms with Crippen LogP contribution < -0.4 is 10.1 Å². The van der Waals surface area contributed by atoms with Gasteiger partial charge in [0.25, 0.3) is 0 Å². The number of hydrogen-bond donors (Lipinski definition) is 1. The van der Waals surface area contributed by atoms with Crippen molar-refractivity contribution in [1.82, 2.24) is 10.2 Å². The topological polar surface area (TPSA) is 41.6 Å². The highest BCUT2D eigenvalue weighted by atomic mass is 35.5. The predicted molar refractivity (Wildman–Crippen MR) is 85.2 cm³/mol. The molecule has 1 heterocycles. The van der Waals surface area contributed by atoms with Crippen molar-refractivity contribution < 1.29 is 9.53 Å². The third kappa shape index (κ3) is 4.77. The van der Waals surface area contributed by atoms with Crippen molar-refractivity contribution in [2.24, 2.45) is 0 Å². The van der Waals surface area contributed by atoms with E-state index >= 15 is 0 Å². The number of carbonyl (C=O) groups is 1. The molecule has 1 aromatic rings. The van der Waals surface area contributed by atoms with Crippen LogP contribution in [0.25, 0.3) is 0 Å². The maximum atomic E-state index is 11.9. The fourth-order valence-corrected chi connectivity index (χ4v) is 3.12. The van der Waals surface area contributed by atoms with E-state index in [0.717, 1.165) is 25.8 Å². The summed E-state index contributed by atoms with van der Waals surface area (Å²) >= 11 is 11.9. The minimum absolute atomic E-state index is 0.0460. The van der Waals surface area contributed by atoms with Gasteiger partial charge in [-0.2, -0.15) is 0 Å². The number of carbonyl (C=O) groups excluding carboxylic acids is 1. The minimum atomic E-state index is -0.0460. The van der Waals surface area contributed by atoms with Gasteiger partial charge in [0.1, 0.15) is 12.4 Å². The Bertz CT molecular complexity index is 476. The third-order valence-electron chi connectivity index (χ3n) is 3.65. The third-order valence-corrected chi connectivity index (χ3v) is 4.08. The first-order chi connectivity index (χ1) is 10.1. The first-order valence-electron chi connectivity index (χ1n) is 7.14. The lowest BCUT2D eigenvalue weighted by Crippen LogP contribution is -2.49. The maximum absolute atomic E-state index is 11.9. The molecular formula is C15H20Cl2N2O2. The Kier molecular flexibility index (Phi) is 6.15. The van der Waals surface area contributed by atoms with Crippen LogP contribution in [0.15, 0.2) is 18.2 Å². The molecule has 1 aliphatic rings. The summed E-state index contributed by atoms with van der Waals surface area (Å²) in [5, 5.41) is 3.84. The second-order valence-corrected chi connectivity index (χ2v) is 5.99. The Hall–Kier alpha value is -0.970. The fourth-order valence-electron chi connectivity index (χ4n) is 2.61. The summed E-state index contributed by atoms with van der Waals surface area (Å²) in [5.74, 6) is 0.738. The maximum Gasteiger partial charge on any atom is 0.237 e. The summed E-state index contributed by atoms with van der Waals surface area (Å²) in [6.45, 7) is 2.14. The van der Waals surface area contributed by atoms with E-state index in [9.17, 15) is 4.79 Å². The highest BCUT2D eigenvalue weighted by Gasteiger charge is 2.27. The summed E-state index contributed by atoms with van der Waals surface area (Å²) in [4.78, 5) is 14.0. The molecule has 1 atom stereocenters. The van der Waals surface area contributed by atoms with Crippen molar-refractivity contribution in [3.63, 3.8) is 0 Å². The number of nitrogens with one attached hydrogen (secondary N) is 1. The number of benzene rings is 1. The molecule has 1 N–H and O–H groups in total. The number of halogens is 2. The van der Waals surface area contributed by atoms with Gasteiger partial charge in [0.05, 0.1) is 6.04 Å². The first-order valence-corrected chi connectivity index (χ1v) is 7.90. The molecule has 21 heavy (non-hydrogen) atoms. The van der Waals surface area contributed by atoms with Crippen LogP contribution in [0.1, 0.15) is 19.3 Å². The molecule has 0 radical (unpaired) electrons. The lowest BCUT2D eigenvalue weighted by Gasteiger charge is -2.34. The molecule has 0 aromatic heterocycles. The Morgan fingerprint density at radius 3 is 2.71 bits per heavy atom. The molecule has 0 spiro atoms. The zero-order valence-corrected chi connectivity index (χ0v) is 13.6. The van der Waals surface area contributed by atoms with Gasteiger partial charge in [-0.05, 0) is 37.6 Å². The van der Waals surface area contributed by atoms with Gasteiger partial charge in [-0.1, -0.05) is 29.6 Å². The van der Waals surface area contributed by atoms with Crippen molar-refractivity contribution in [2.45, 2.75) is 25.3 Å². The molecule has 4 nitrogen and oxygen atoms in total. The Balaban J connectivity index is 1.87. The number of amides is 1. The van der Waals surface area contributed by atoms with Gasteiger partial charge in [0.2, 0.25) is 5.91 Å². The number of hydrogen-bond acceptors (Lipinski definition) is 3. The van der Waals surface area contributed by atoms with Crippen molar-refractivity contribution >= 4 is 29.1 Å². The van der Waals surface area contributed by atoms with Crippen LogP contribution in [-0.4, -0.2) is 43.6 Å². The summed E-state index contributed by atoms with van der Waals surface area (Å²) in [6, 6.07) is 5.09. The number of rotatable bonds is 5. The molecular weight excluding hydrogens is 311 g/mol. The molecule has 0 bridgehead atoms. The van der Waals surface area contributed by atoms with E-state index in [1.165, 1.54) is 0 Å². The van der Waals surface area contributed by atoms with E-state index in [4.69, 9.17) is 27.9 Å². The molecule has 0 aliphatic carbocycles. The summed E-state index contributed by atoms with van der Waals surface area (Å²) in [5.41, 5.74) is 0. The van der Waals surface area contributed by atoms with Crippen molar-refractivity contribution in [3.05, 3.63) is 28.2 Å². The minimum Gasteiger partial charge on any atom is -0.492 e. The average Bonchev–Trinajstić information content (AvgIpc) is 2.46. The SMILES string of the molecule is CNC(=O)[C@@H]1CCCCN1CCOc1cc(Cl)cc(Cl)c1. The largest absolute Gasteiger partial charge is 0.492 e. The lowest BCUT2D eigenvalue weighted by molar-refractivity contribution is -0.127. The van der Waals surface area contributed by atoms with Gasteiger partial charge in [-0.15, -0.1) is 0 Å². The number of likely N-dealkylation sites (N-methyl/N-ethyl adjacent to an activating group) is 1. The van der Waals surface area contributed by atoms with Crippen molar-refractivity contribution in [3.8, 4) is 5.75 Å². The van der Waals surface area contributed by atoms with E-state index < -0.39 is 0 Å². The standard InChI is InChI=1S/C15H20Cl2N2O2/c1-18-15(20)14-4-2-3-5-19(14)6-7-21-13-9-11(16)8-12(17)10-13/h8-10,14H,2-7H2,1H3,(H,18,20)/t14-/m0/s1. The van der Waals surface area contributed by atoms with Crippen LogP contribution in [0.3, 0.4) is 0 Å². The summed E-state index contributed by atoms with van der Waals surface area (Å²) in [7, 11) is 1.68. The quantitative estimate of drug-likeness (QED) is 0.902. The Morgan fingerprint density at radius 2 is 2.05 bits per heavy atom. The Morgan fingerprint density at radius 1 is 1.33 bits per heavy atom. The average molecular weight is 331 g/mol. The molecule has 1 aliphatic heterocycles. The zero-order chi connectivity index (χ0) is 15.2. The second-order valence-electron chi connectivity index (χ2n) is 5.12. The van der Waals surface area contributed by atoms with E-state index in [1.54, 1.807) is 25.2 Å². The monoisotopic (exact) mass is 330 g/mol. The van der Waals surface area contributed by atoms with Gasteiger partial charge >= 0.3 is 0 Å². The fraction of sp³-hybridized carbons (Fsp3) is 0.533.